The van der Waals surface area contributed by atoms with Crippen LogP contribution in [0, 0.1) is 6.92 Å². The van der Waals surface area contributed by atoms with Gasteiger partial charge >= 0.3 is 0 Å². The van der Waals surface area contributed by atoms with E-state index in [2.05, 4.69) is 10.6 Å². The Morgan fingerprint density at radius 2 is 1.67 bits per heavy atom. The number of aryl methyl sites for hydroxylation is 1. The minimum Gasteiger partial charge on any atom is -0.490 e. The van der Waals surface area contributed by atoms with E-state index in [-0.39, 0.29) is 11.8 Å². The number of fused-ring (bicyclic) bond motifs is 2. The number of hydrogen-bond acceptors (Lipinski definition) is 5. The van der Waals surface area contributed by atoms with Crippen molar-refractivity contribution in [3.63, 3.8) is 0 Å². The van der Waals surface area contributed by atoms with Gasteiger partial charge in [0, 0.05) is 28.1 Å². The van der Waals surface area contributed by atoms with E-state index in [1.807, 2.05) is 49.4 Å². The first-order valence-electron chi connectivity index (χ1n) is 10.7. The van der Waals surface area contributed by atoms with Crippen molar-refractivity contribution in [3.8, 4) is 11.5 Å². The van der Waals surface area contributed by atoms with Crippen molar-refractivity contribution in [3.05, 3.63) is 82.7 Å². The Bertz CT molecular complexity index is 1330. The lowest BCUT2D eigenvalue weighted by Crippen LogP contribution is -2.14. The lowest BCUT2D eigenvalue weighted by Gasteiger charge is -2.12. The molecule has 0 atom stereocenters. The van der Waals surface area contributed by atoms with Crippen molar-refractivity contribution in [1.29, 1.82) is 0 Å². The smallest absolute Gasteiger partial charge is 0.265 e. The molecule has 33 heavy (non-hydrogen) atoms. The lowest BCUT2D eigenvalue weighted by atomic mass is 10.1. The van der Waals surface area contributed by atoms with Crippen LogP contribution in [0.3, 0.4) is 0 Å². The van der Waals surface area contributed by atoms with E-state index in [0.717, 1.165) is 22.1 Å². The van der Waals surface area contributed by atoms with Crippen molar-refractivity contribution < 1.29 is 19.1 Å². The van der Waals surface area contributed by atoms with Crippen LogP contribution in [0.2, 0.25) is 0 Å². The summed E-state index contributed by atoms with van der Waals surface area (Å²) in [6, 6.07) is 20.4. The number of rotatable bonds is 4. The quantitative estimate of drug-likeness (QED) is 0.401. The number of anilines is 2. The maximum absolute atomic E-state index is 12.8. The fourth-order valence-electron chi connectivity index (χ4n) is 3.62. The first-order chi connectivity index (χ1) is 16.1. The summed E-state index contributed by atoms with van der Waals surface area (Å²) in [6.45, 7) is 3.06. The van der Waals surface area contributed by atoms with Gasteiger partial charge in [0.05, 0.1) is 18.1 Å². The summed E-state index contributed by atoms with van der Waals surface area (Å²) in [5, 5.41) is 6.91. The molecule has 0 saturated carbocycles. The highest BCUT2D eigenvalue weighted by Crippen LogP contribution is 2.31. The second-order valence-electron chi connectivity index (χ2n) is 7.80. The number of carbonyl (C=O) groups excluding carboxylic acids is 2. The molecule has 0 unspecified atom stereocenters. The number of carbonyl (C=O) groups is 2. The number of nitrogens with one attached hydrogen (secondary N) is 2. The number of ether oxygens (including phenoxy) is 2. The SMILES string of the molecule is Cc1ccc(NC(=O)c2ccc3c(c2)OCCCO3)cc1NC(=O)c1cc2ccccc2s1. The van der Waals surface area contributed by atoms with Gasteiger partial charge in [-0.2, -0.15) is 0 Å². The number of amides is 2. The van der Waals surface area contributed by atoms with Gasteiger partial charge in [0.1, 0.15) is 0 Å². The zero-order valence-corrected chi connectivity index (χ0v) is 18.8. The van der Waals surface area contributed by atoms with Gasteiger partial charge in [0.2, 0.25) is 0 Å². The molecule has 0 saturated heterocycles. The van der Waals surface area contributed by atoms with Crippen LogP contribution in [0.1, 0.15) is 32.0 Å². The third-order valence-electron chi connectivity index (χ3n) is 5.40. The van der Waals surface area contributed by atoms with Gasteiger partial charge < -0.3 is 20.1 Å². The van der Waals surface area contributed by atoms with Crippen LogP contribution >= 0.6 is 11.3 Å². The molecule has 4 aromatic rings. The van der Waals surface area contributed by atoms with Crippen molar-refractivity contribution in [1.82, 2.24) is 0 Å². The number of benzene rings is 3. The molecule has 1 aliphatic heterocycles. The van der Waals surface area contributed by atoms with Crippen molar-refractivity contribution in [2.24, 2.45) is 0 Å². The van der Waals surface area contributed by atoms with Crippen LogP contribution in [-0.4, -0.2) is 25.0 Å². The Morgan fingerprint density at radius 3 is 2.52 bits per heavy atom. The van der Waals surface area contributed by atoms with E-state index >= 15 is 0 Å². The summed E-state index contributed by atoms with van der Waals surface area (Å²) < 4.78 is 12.4. The molecular weight excluding hydrogens is 436 g/mol. The third kappa shape index (κ3) is 4.54. The first kappa shape index (κ1) is 21.0. The summed E-state index contributed by atoms with van der Waals surface area (Å²) in [6.07, 6.45) is 0.801. The fraction of sp³-hybridized carbons (Fsp3) is 0.154. The molecule has 166 valence electrons. The second-order valence-corrected chi connectivity index (χ2v) is 8.88. The normalized spacial score (nSPS) is 12.8. The fourth-order valence-corrected chi connectivity index (χ4v) is 4.58. The monoisotopic (exact) mass is 458 g/mol. The highest BCUT2D eigenvalue weighted by atomic mass is 32.1. The molecule has 0 spiro atoms. The topological polar surface area (TPSA) is 76.7 Å². The molecule has 0 aliphatic carbocycles. The van der Waals surface area contributed by atoms with Crippen LogP contribution in [0.5, 0.6) is 11.5 Å². The summed E-state index contributed by atoms with van der Waals surface area (Å²) >= 11 is 1.45. The lowest BCUT2D eigenvalue weighted by molar-refractivity contribution is 0.102. The molecule has 0 bridgehead atoms. The van der Waals surface area contributed by atoms with Gasteiger partial charge in [-0.05, 0) is 60.3 Å². The average Bonchev–Trinajstić information content (AvgIpc) is 3.12. The Hall–Kier alpha value is -3.84. The van der Waals surface area contributed by atoms with E-state index < -0.39 is 0 Å². The Kier molecular flexibility index (Phi) is 5.71. The highest BCUT2D eigenvalue weighted by Gasteiger charge is 2.16. The van der Waals surface area contributed by atoms with Gasteiger partial charge in [0.25, 0.3) is 11.8 Å². The molecule has 7 heteroatoms. The molecule has 2 N–H and O–H groups in total. The third-order valence-corrected chi connectivity index (χ3v) is 6.52. The van der Waals surface area contributed by atoms with E-state index in [1.165, 1.54) is 11.3 Å². The van der Waals surface area contributed by atoms with Crippen LogP contribution in [0.15, 0.2) is 66.7 Å². The maximum atomic E-state index is 12.8. The molecule has 2 heterocycles. The summed E-state index contributed by atoms with van der Waals surface area (Å²) in [5.74, 6) is 0.771. The first-order valence-corrected chi connectivity index (χ1v) is 11.5. The molecule has 6 nitrogen and oxygen atoms in total. The average molecular weight is 459 g/mol. The molecule has 1 aliphatic rings. The van der Waals surface area contributed by atoms with Crippen LogP contribution in [-0.2, 0) is 0 Å². The highest BCUT2D eigenvalue weighted by molar-refractivity contribution is 7.20. The standard InChI is InChI=1S/C26H22N2O4S/c1-16-7-9-19(27-25(29)18-8-10-21-22(13-18)32-12-4-11-31-21)15-20(16)28-26(30)24-14-17-5-2-3-6-23(17)33-24/h2-3,5-10,13-15H,4,11-12H2,1H3,(H,27,29)(H,28,30). The predicted molar refractivity (Wildman–Crippen MR) is 131 cm³/mol. The molecule has 3 aromatic carbocycles. The Morgan fingerprint density at radius 1 is 0.848 bits per heavy atom. The zero-order valence-electron chi connectivity index (χ0n) is 18.0. The molecule has 0 radical (unpaired) electrons. The van der Waals surface area contributed by atoms with Crippen LogP contribution in [0.25, 0.3) is 10.1 Å². The largest absolute Gasteiger partial charge is 0.490 e. The summed E-state index contributed by atoms with van der Waals surface area (Å²) in [4.78, 5) is 26.3. The van der Waals surface area contributed by atoms with Crippen molar-refractivity contribution in [2.75, 3.05) is 23.8 Å². The minimum atomic E-state index is -0.267. The Labute approximate surface area is 195 Å². The molecule has 2 amide bonds. The van der Waals surface area contributed by atoms with E-state index in [4.69, 9.17) is 9.47 Å². The van der Waals surface area contributed by atoms with E-state index in [9.17, 15) is 9.59 Å². The Balaban J connectivity index is 1.32. The molecule has 0 fully saturated rings. The van der Waals surface area contributed by atoms with Crippen LogP contribution in [0.4, 0.5) is 11.4 Å². The van der Waals surface area contributed by atoms with Crippen LogP contribution < -0.4 is 20.1 Å². The van der Waals surface area contributed by atoms with E-state index in [1.54, 1.807) is 24.3 Å². The van der Waals surface area contributed by atoms with Crippen molar-refractivity contribution in [2.45, 2.75) is 13.3 Å². The predicted octanol–water partition coefficient (Wildman–Crippen LogP) is 5.88. The molecule has 5 rings (SSSR count). The van der Waals surface area contributed by atoms with Gasteiger partial charge in [-0.1, -0.05) is 24.3 Å². The zero-order chi connectivity index (χ0) is 22.8. The number of hydrogen-bond donors (Lipinski definition) is 2. The number of thiophene rings is 1. The van der Waals surface area contributed by atoms with Gasteiger partial charge in [0.15, 0.2) is 11.5 Å². The van der Waals surface area contributed by atoms with Gasteiger partial charge in [-0.15, -0.1) is 11.3 Å². The second kappa shape index (κ2) is 8.96. The van der Waals surface area contributed by atoms with Gasteiger partial charge in [-0.25, -0.2) is 0 Å². The minimum absolute atomic E-state index is 0.175. The van der Waals surface area contributed by atoms with Crippen molar-refractivity contribution >= 4 is 44.6 Å². The van der Waals surface area contributed by atoms with E-state index in [0.29, 0.717) is 46.5 Å². The summed E-state index contributed by atoms with van der Waals surface area (Å²) in [5.41, 5.74) is 2.60. The van der Waals surface area contributed by atoms with Gasteiger partial charge in [-0.3, -0.25) is 9.59 Å². The summed E-state index contributed by atoms with van der Waals surface area (Å²) in [7, 11) is 0. The molecular formula is C26H22N2O4S. The maximum Gasteiger partial charge on any atom is 0.265 e. The molecule has 1 aromatic heterocycles.